The number of hydrogen-bond acceptors (Lipinski definition) is 2. The number of rotatable bonds is 2. The second-order valence-electron chi connectivity index (χ2n) is 4.75. The first-order valence-electron chi connectivity index (χ1n) is 6.04. The van der Waals surface area contributed by atoms with Crippen molar-refractivity contribution in [1.82, 2.24) is 0 Å². The lowest BCUT2D eigenvalue weighted by atomic mass is 9.75. The van der Waals surface area contributed by atoms with Gasteiger partial charge in [0.2, 0.25) is 0 Å². The topological polar surface area (TPSA) is 37.3 Å². The molecule has 0 saturated carbocycles. The van der Waals surface area contributed by atoms with Crippen LogP contribution in [0.15, 0.2) is 35.9 Å². The molecule has 2 heteroatoms. The average molecular weight is 230 g/mol. The summed E-state index contributed by atoms with van der Waals surface area (Å²) in [6.45, 7) is 3.88. The smallest absolute Gasteiger partial charge is 0.169 e. The van der Waals surface area contributed by atoms with Gasteiger partial charge in [0.15, 0.2) is 11.4 Å². The molecule has 1 aliphatic carbocycles. The monoisotopic (exact) mass is 230 g/mol. The first-order valence-corrected chi connectivity index (χ1v) is 6.04. The first-order chi connectivity index (χ1) is 8.08. The number of hydrogen-bond donors (Lipinski definition) is 1. The SMILES string of the molecule is C/C=C(\C)C[C@@]1(O)C(=O)CCc2ccccc21. The number of carbonyl (C=O) groups excluding carboxylic acids is 1. The van der Waals surface area contributed by atoms with E-state index in [1.54, 1.807) is 0 Å². The van der Waals surface area contributed by atoms with Crippen LogP contribution in [0, 0.1) is 0 Å². The molecule has 17 heavy (non-hydrogen) atoms. The van der Waals surface area contributed by atoms with Crippen molar-refractivity contribution >= 4 is 5.78 Å². The summed E-state index contributed by atoms with van der Waals surface area (Å²) in [5.41, 5.74) is 1.61. The van der Waals surface area contributed by atoms with Crippen molar-refractivity contribution in [2.24, 2.45) is 0 Å². The zero-order chi connectivity index (χ0) is 12.5. The predicted molar refractivity (Wildman–Crippen MR) is 67.7 cm³/mol. The predicted octanol–water partition coefficient (Wildman–Crippen LogP) is 2.75. The van der Waals surface area contributed by atoms with Gasteiger partial charge >= 0.3 is 0 Å². The van der Waals surface area contributed by atoms with Crippen molar-refractivity contribution in [3.8, 4) is 0 Å². The standard InChI is InChI=1S/C15H18O2/c1-3-11(2)10-15(17)13-7-5-4-6-12(13)8-9-14(15)16/h3-7,17H,8-10H2,1-2H3/b11-3+/t15-/m0/s1. The molecule has 0 aromatic heterocycles. The van der Waals surface area contributed by atoms with Gasteiger partial charge in [0.1, 0.15) is 0 Å². The third-order valence-corrected chi connectivity index (χ3v) is 3.57. The van der Waals surface area contributed by atoms with Gasteiger partial charge in [-0.05, 0) is 31.4 Å². The Morgan fingerprint density at radius 2 is 2.12 bits per heavy atom. The van der Waals surface area contributed by atoms with Crippen LogP contribution in [0.1, 0.15) is 37.8 Å². The number of allylic oxidation sites excluding steroid dienone is 1. The van der Waals surface area contributed by atoms with E-state index in [0.29, 0.717) is 12.8 Å². The zero-order valence-corrected chi connectivity index (χ0v) is 10.4. The van der Waals surface area contributed by atoms with Gasteiger partial charge in [-0.3, -0.25) is 4.79 Å². The van der Waals surface area contributed by atoms with Crippen molar-refractivity contribution in [3.05, 3.63) is 47.0 Å². The van der Waals surface area contributed by atoms with E-state index in [-0.39, 0.29) is 5.78 Å². The summed E-state index contributed by atoms with van der Waals surface area (Å²) in [5, 5.41) is 10.7. The number of Topliss-reactive ketones (excluding diaryl/α,β-unsaturated/α-hetero) is 1. The fourth-order valence-corrected chi connectivity index (χ4v) is 2.45. The minimum Gasteiger partial charge on any atom is -0.377 e. The molecule has 0 aliphatic heterocycles. The van der Waals surface area contributed by atoms with Crippen LogP contribution in [-0.4, -0.2) is 10.9 Å². The third kappa shape index (κ3) is 2.05. The maximum Gasteiger partial charge on any atom is 0.169 e. The third-order valence-electron chi connectivity index (χ3n) is 3.57. The largest absolute Gasteiger partial charge is 0.377 e. The molecular weight excluding hydrogens is 212 g/mol. The van der Waals surface area contributed by atoms with Crippen molar-refractivity contribution < 1.29 is 9.90 Å². The summed E-state index contributed by atoms with van der Waals surface area (Å²) in [4.78, 5) is 12.1. The quantitative estimate of drug-likeness (QED) is 0.793. The number of aliphatic hydroxyl groups is 1. The van der Waals surface area contributed by atoms with E-state index >= 15 is 0 Å². The van der Waals surface area contributed by atoms with Crippen molar-refractivity contribution in [2.45, 2.75) is 38.7 Å². The Balaban J connectivity index is 2.48. The van der Waals surface area contributed by atoms with E-state index in [2.05, 4.69) is 0 Å². The number of fused-ring (bicyclic) bond motifs is 1. The minimum atomic E-state index is -1.31. The van der Waals surface area contributed by atoms with Crippen LogP contribution in [0.5, 0.6) is 0 Å². The molecule has 0 amide bonds. The summed E-state index contributed by atoms with van der Waals surface area (Å²) in [7, 11) is 0. The van der Waals surface area contributed by atoms with Crippen LogP contribution >= 0.6 is 0 Å². The Morgan fingerprint density at radius 3 is 2.82 bits per heavy atom. The van der Waals surface area contributed by atoms with E-state index in [0.717, 1.165) is 23.1 Å². The minimum absolute atomic E-state index is 0.0580. The highest BCUT2D eigenvalue weighted by Crippen LogP contribution is 2.37. The molecular formula is C15H18O2. The summed E-state index contributed by atoms with van der Waals surface area (Å²) in [5.74, 6) is -0.0580. The van der Waals surface area contributed by atoms with Crippen LogP contribution in [0.2, 0.25) is 0 Å². The second kappa shape index (κ2) is 4.46. The van der Waals surface area contributed by atoms with Gasteiger partial charge < -0.3 is 5.11 Å². The highest BCUT2D eigenvalue weighted by molar-refractivity contribution is 5.90. The molecule has 90 valence electrons. The lowest BCUT2D eigenvalue weighted by Crippen LogP contribution is -2.40. The van der Waals surface area contributed by atoms with E-state index in [1.807, 2.05) is 44.2 Å². The van der Waals surface area contributed by atoms with E-state index in [1.165, 1.54) is 0 Å². The van der Waals surface area contributed by atoms with Crippen molar-refractivity contribution in [1.29, 1.82) is 0 Å². The van der Waals surface area contributed by atoms with E-state index < -0.39 is 5.60 Å². The van der Waals surface area contributed by atoms with Gasteiger partial charge in [-0.1, -0.05) is 35.9 Å². The summed E-state index contributed by atoms with van der Waals surface area (Å²) in [6.07, 6.45) is 3.53. The average Bonchev–Trinajstić information content (AvgIpc) is 2.34. The van der Waals surface area contributed by atoms with Gasteiger partial charge in [-0.2, -0.15) is 0 Å². The zero-order valence-electron chi connectivity index (χ0n) is 10.4. The molecule has 0 fully saturated rings. The normalized spacial score (nSPS) is 24.6. The summed E-state index contributed by atoms with van der Waals surface area (Å²) < 4.78 is 0. The highest BCUT2D eigenvalue weighted by Gasteiger charge is 2.41. The summed E-state index contributed by atoms with van der Waals surface area (Å²) in [6, 6.07) is 7.71. The van der Waals surface area contributed by atoms with Crippen molar-refractivity contribution in [3.63, 3.8) is 0 Å². The molecule has 0 saturated heterocycles. The molecule has 2 rings (SSSR count). The van der Waals surface area contributed by atoms with E-state index in [9.17, 15) is 9.90 Å². The van der Waals surface area contributed by atoms with Crippen LogP contribution in [0.25, 0.3) is 0 Å². The Kier molecular flexibility index (Phi) is 3.16. The van der Waals surface area contributed by atoms with Gasteiger partial charge in [-0.15, -0.1) is 0 Å². The van der Waals surface area contributed by atoms with Crippen LogP contribution in [-0.2, 0) is 16.8 Å². The molecule has 0 unspecified atom stereocenters. The van der Waals surface area contributed by atoms with Crippen molar-refractivity contribution in [2.75, 3.05) is 0 Å². The first kappa shape index (κ1) is 12.1. The van der Waals surface area contributed by atoms with E-state index in [4.69, 9.17) is 0 Å². The van der Waals surface area contributed by atoms with Crippen LogP contribution in [0.4, 0.5) is 0 Å². The molecule has 1 aromatic rings. The number of carbonyl (C=O) groups is 1. The Morgan fingerprint density at radius 1 is 1.41 bits per heavy atom. The Labute approximate surface area is 102 Å². The highest BCUT2D eigenvalue weighted by atomic mass is 16.3. The molecule has 1 atom stereocenters. The fourth-order valence-electron chi connectivity index (χ4n) is 2.45. The van der Waals surface area contributed by atoms with Gasteiger partial charge in [-0.25, -0.2) is 0 Å². The Hall–Kier alpha value is -1.41. The summed E-state index contributed by atoms with van der Waals surface area (Å²) >= 11 is 0. The number of ketones is 1. The molecule has 1 aromatic carbocycles. The van der Waals surface area contributed by atoms with Gasteiger partial charge in [0.05, 0.1) is 0 Å². The molecule has 1 N–H and O–H groups in total. The maximum atomic E-state index is 12.1. The number of benzene rings is 1. The molecule has 2 nitrogen and oxygen atoms in total. The Bertz CT molecular complexity index is 474. The van der Waals surface area contributed by atoms with Crippen LogP contribution in [0.3, 0.4) is 0 Å². The molecule has 0 spiro atoms. The fraction of sp³-hybridized carbons (Fsp3) is 0.400. The lowest BCUT2D eigenvalue weighted by Gasteiger charge is -2.33. The lowest BCUT2D eigenvalue weighted by molar-refractivity contribution is -0.139. The van der Waals surface area contributed by atoms with Gasteiger partial charge in [0, 0.05) is 12.8 Å². The van der Waals surface area contributed by atoms with Crippen LogP contribution < -0.4 is 0 Å². The molecule has 0 heterocycles. The number of aryl methyl sites for hydroxylation is 1. The van der Waals surface area contributed by atoms with Gasteiger partial charge in [0.25, 0.3) is 0 Å². The molecule has 0 bridgehead atoms. The maximum absolute atomic E-state index is 12.1. The molecule has 1 aliphatic rings. The second-order valence-corrected chi connectivity index (χ2v) is 4.75. The molecule has 0 radical (unpaired) electrons.